The van der Waals surface area contributed by atoms with Crippen molar-refractivity contribution >= 4 is 26.0 Å². The van der Waals surface area contributed by atoms with Gasteiger partial charge in [0.1, 0.15) is 0 Å². The van der Waals surface area contributed by atoms with E-state index in [0.717, 1.165) is 12.8 Å². The van der Waals surface area contributed by atoms with Gasteiger partial charge < -0.3 is 5.32 Å². The number of hydrogen-bond acceptors (Lipinski definition) is 5. The van der Waals surface area contributed by atoms with Crippen molar-refractivity contribution in [2.24, 2.45) is 0 Å². The minimum Gasteiger partial charge on any atom is -0.352 e. The average Bonchev–Trinajstić information content (AvgIpc) is 3.50. The number of carbonyl (C=O) groups is 1. The monoisotopic (exact) mass is 437 g/mol. The van der Waals surface area contributed by atoms with E-state index < -0.39 is 20.0 Å². The molecule has 0 aliphatic heterocycles. The number of hydrogen-bond donors (Lipinski definition) is 3. The maximum atomic E-state index is 12.5. The molecule has 1 saturated carbocycles. The molecular weight excluding hydrogens is 414 g/mol. The van der Waals surface area contributed by atoms with Crippen molar-refractivity contribution in [2.75, 3.05) is 6.54 Å². The van der Waals surface area contributed by atoms with E-state index >= 15 is 0 Å². The SMILES string of the molecule is CCNC(=O)c1ccc(CNS(=O)(=O)c2ccc(S(=O)(=O)NC3CC3)cc2)cc1. The van der Waals surface area contributed by atoms with Crippen LogP contribution in [0.15, 0.2) is 58.3 Å². The van der Waals surface area contributed by atoms with Crippen molar-refractivity contribution in [3.8, 4) is 0 Å². The van der Waals surface area contributed by atoms with Crippen LogP contribution < -0.4 is 14.8 Å². The van der Waals surface area contributed by atoms with Crippen LogP contribution >= 0.6 is 0 Å². The summed E-state index contributed by atoms with van der Waals surface area (Å²) < 4.78 is 54.3. The van der Waals surface area contributed by atoms with E-state index in [2.05, 4.69) is 14.8 Å². The molecule has 10 heteroatoms. The number of nitrogens with one attached hydrogen (secondary N) is 3. The molecule has 2 aromatic carbocycles. The van der Waals surface area contributed by atoms with Crippen molar-refractivity contribution in [1.29, 1.82) is 0 Å². The number of sulfonamides is 2. The molecule has 0 heterocycles. The molecule has 0 bridgehead atoms. The second-order valence-corrected chi connectivity index (χ2v) is 10.2. The van der Waals surface area contributed by atoms with Crippen molar-refractivity contribution in [3.05, 3.63) is 59.7 Å². The highest BCUT2D eigenvalue weighted by Crippen LogP contribution is 2.22. The summed E-state index contributed by atoms with van der Waals surface area (Å²) in [4.78, 5) is 11.8. The Labute approximate surface area is 170 Å². The van der Waals surface area contributed by atoms with Crippen molar-refractivity contribution in [1.82, 2.24) is 14.8 Å². The van der Waals surface area contributed by atoms with E-state index in [4.69, 9.17) is 0 Å². The van der Waals surface area contributed by atoms with Crippen LogP contribution in [-0.4, -0.2) is 35.3 Å². The van der Waals surface area contributed by atoms with Gasteiger partial charge in [-0.25, -0.2) is 26.3 Å². The molecule has 1 aliphatic rings. The third-order valence-electron chi connectivity index (χ3n) is 4.36. The van der Waals surface area contributed by atoms with Gasteiger partial charge in [0, 0.05) is 24.7 Å². The first-order valence-electron chi connectivity index (χ1n) is 9.20. The van der Waals surface area contributed by atoms with E-state index in [1.165, 1.54) is 24.3 Å². The molecule has 1 amide bonds. The highest BCUT2D eigenvalue weighted by Gasteiger charge is 2.28. The molecule has 8 nitrogen and oxygen atoms in total. The Morgan fingerprint density at radius 2 is 1.45 bits per heavy atom. The topological polar surface area (TPSA) is 121 Å². The summed E-state index contributed by atoms with van der Waals surface area (Å²) in [5.41, 5.74) is 1.18. The number of amides is 1. The first-order valence-corrected chi connectivity index (χ1v) is 12.2. The van der Waals surface area contributed by atoms with Gasteiger partial charge in [0.25, 0.3) is 5.91 Å². The number of carbonyl (C=O) groups excluding carboxylic acids is 1. The normalized spacial score (nSPS) is 14.5. The standard InChI is InChI=1S/C19H23N3O5S2/c1-2-20-19(23)15-5-3-14(4-6-15)13-21-28(24,25)17-9-11-18(12-10-17)29(26,27)22-16-7-8-16/h3-6,9-12,16,21-22H,2,7-8,13H2,1H3,(H,20,23). The van der Waals surface area contributed by atoms with E-state index in [-0.39, 0.29) is 28.3 Å². The minimum absolute atomic E-state index is 0.0236. The minimum atomic E-state index is -3.81. The fourth-order valence-corrected chi connectivity index (χ4v) is 4.91. The van der Waals surface area contributed by atoms with Gasteiger partial charge in [0.05, 0.1) is 9.79 Å². The van der Waals surface area contributed by atoms with Crippen LogP contribution in [-0.2, 0) is 26.6 Å². The molecule has 0 unspecified atom stereocenters. The molecule has 3 N–H and O–H groups in total. The van der Waals surface area contributed by atoms with Crippen LogP contribution in [0.5, 0.6) is 0 Å². The first kappa shape index (κ1) is 21.4. The largest absolute Gasteiger partial charge is 0.352 e. The molecular formula is C19H23N3O5S2. The van der Waals surface area contributed by atoms with Crippen LogP contribution in [0.3, 0.4) is 0 Å². The second-order valence-electron chi connectivity index (χ2n) is 6.75. The zero-order valence-corrected chi connectivity index (χ0v) is 17.5. The van der Waals surface area contributed by atoms with Gasteiger partial charge in [-0.05, 0) is 61.7 Å². The zero-order valence-electron chi connectivity index (χ0n) is 15.9. The highest BCUT2D eigenvalue weighted by molar-refractivity contribution is 7.90. The summed E-state index contributed by atoms with van der Waals surface area (Å²) in [5.74, 6) is -0.189. The maximum Gasteiger partial charge on any atom is 0.251 e. The Bertz CT molecular complexity index is 1080. The van der Waals surface area contributed by atoms with E-state index in [9.17, 15) is 21.6 Å². The molecule has 0 radical (unpaired) electrons. The fourth-order valence-electron chi connectivity index (χ4n) is 2.58. The van der Waals surface area contributed by atoms with Crippen LogP contribution in [0.2, 0.25) is 0 Å². The van der Waals surface area contributed by atoms with Gasteiger partial charge in [0.15, 0.2) is 0 Å². The lowest BCUT2D eigenvalue weighted by atomic mass is 10.1. The fraction of sp³-hybridized carbons (Fsp3) is 0.316. The van der Waals surface area contributed by atoms with Crippen molar-refractivity contribution in [2.45, 2.75) is 42.1 Å². The summed E-state index contributed by atoms with van der Waals surface area (Å²) in [6, 6.07) is 11.7. The Balaban J connectivity index is 1.64. The maximum absolute atomic E-state index is 12.5. The Morgan fingerprint density at radius 3 is 1.97 bits per heavy atom. The predicted octanol–water partition coefficient (Wildman–Crippen LogP) is 1.36. The van der Waals surface area contributed by atoms with Gasteiger partial charge in [-0.1, -0.05) is 12.1 Å². The lowest BCUT2D eigenvalue weighted by molar-refractivity contribution is 0.0956. The van der Waals surface area contributed by atoms with Crippen LogP contribution in [0.25, 0.3) is 0 Å². The quantitative estimate of drug-likeness (QED) is 0.547. The zero-order chi connectivity index (χ0) is 21.1. The van der Waals surface area contributed by atoms with E-state index in [0.29, 0.717) is 17.7 Å². The van der Waals surface area contributed by atoms with Crippen LogP contribution in [0, 0.1) is 0 Å². The molecule has 29 heavy (non-hydrogen) atoms. The molecule has 156 valence electrons. The van der Waals surface area contributed by atoms with Gasteiger partial charge in [-0.3, -0.25) is 4.79 Å². The van der Waals surface area contributed by atoms with Gasteiger partial charge in [-0.2, -0.15) is 0 Å². The Hall–Kier alpha value is -2.27. The average molecular weight is 438 g/mol. The van der Waals surface area contributed by atoms with Crippen molar-refractivity contribution in [3.63, 3.8) is 0 Å². The number of benzene rings is 2. The Morgan fingerprint density at radius 1 is 0.897 bits per heavy atom. The van der Waals surface area contributed by atoms with Gasteiger partial charge >= 0.3 is 0 Å². The smallest absolute Gasteiger partial charge is 0.251 e. The molecule has 0 spiro atoms. The summed E-state index contributed by atoms with van der Waals surface area (Å²) in [6.07, 6.45) is 1.64. The summed E-state index contributed by atoms with van der Waals surface area (Å²) in [5, 5.41) is 2.69. The molecule has 1 fully saturated rings. The third-order valence-corrected chi connectivity index (χ3v) is 7.32. The van der Waals surface area contributed by atoms with Crippen molar-refractivity contribution < 1.29 is 21.6 Å². The van der Waals surface area contributed by atoms with Crippen LogP contribution in [0.4, 0.5) is 0 Å². The molecule has 0 aromatic heterocycles. The molecule has 0 atom stereocenters. The lowest BCUT2D eigenvalue weighted by Crippen LogP contribution is -2.26. The summed E-state index contributed by atoms with van der Waals surface area (Å²) in [7, 11) is -7.44. The first-order chi connectivity index (χ1) is 13.7. The van der Waals surface area contributed by atoms with E-state index in [1.54, 1.807) is 24.3 Å². The second kappa shape index (κ2) is 8.62. The molecule has 2 aromatic rings. The molecule has 3 rings (SSSR count). The molecule has 0 saturated heterocycles. The molecule has 1 aliphatic carbocycles. The summed E-state index contributed by atoms with van der Waals surface area (Å²) in [6.45, 7) is 2.39. The van der Waals surface area contributed by atoms with E-state index in [1.807, 2.05) is 6.92 Å². The summed E-state index contributed by atoms with van der Waals surface area (Å²) >= 11 is 0. The lowest BCUT2D eigenvalue weighted by Gasteiger charge is -2.09. The number of rotatable bonds is 9. The highest BCUT2D eigenvalue weighted by atomic mass is 32.2. The predicted molar refractivity (Wildman–Crippen MR) is 108 cm³/mol. The van der Waals surface area contributed by atoms with Gasteiger partial charge in [0.2, 0.25) is 20.0 Å². The van der Waals surface area contributed by atoms with Crippen LogP contribution in [0.1, 0.15) is 35.7 Å². The third kappa shape index (κ3) is 5.63. The Kier molecular flexibility index (Phi) is 6.37. The van der Waals surface area contributed by atoms with Gasteiger partial charge in [-0.15, -0.1) is 0 Å².